The van der Waals surface area contributed by atoms with Crippen LogP contribution >= 0.6 is 8.60 Å². The summed E-state index contributed by atoms with van der Waals surface area (Å²) < 4.78 is 4.65. The van der Waals surface area contributed by atoms with Crippen molar-refractivity contribution in [3.63, 3.8) is 0 Å². The molecule has 3 nitrogen and oxygen atoms in total. The van der Waals surface area contributed by atoms with Crippen LogP contribution in [0.5, 0.6) is 0 Å². The Balaban J connectivity index is 2.84. The minimum atomic E-state index is -2.13. The van der Waals surface area contributed by atoms with Gasteiger partial charge in [-0.3, -0.25) is 0 Å². The van der Waals surface area contributed by atoms with Gasteiger partial charge in [0, 0.05) is 0 Å². The fourth-order valence-electron chi connectivity index (χ4n) is 1.21. The van der Waals surface area contributed by atoms with Gasteiger partial charge < -0.3 is 14.3 Å². The molecule has 2 N–H and O–H groups in total. The van der Waals surface area contributed by atoms with E-state index in [0.717, 1.165) is 12.8 Å². The standard InChI is InChI=1S/C9H21O3P/c1-2-3-4-5-6-7-8-9-12-13(10)11/h10-11H,2-9H2,1H3. The van der Waals surface area contributed by atoms with E-state index in [1.54, 1.807) is 0 Å². The van der Waals surface area contributed by atoms with Crippen molar-refractivity contribution in [1.29, 1.82) is 0 Å². The highest BCUT2D eigenvalue weighted by Crippen LogP contribution is 2.24. The average molecular weight is 208 g/mol. The van der Waals surface area contributed by atoms with Gasteiger partial charge in [0.2, 0.25) is 0 Å². The van der Waals surface area contributed by atoms with Gasteiger partial charge in [-0.15, -0.1) is 0 Å². The zero-order valence-electron chi connectivity index (χ0n) is 8.41. The van der Waals surface area contributed by atoms with Crippen LogP contribution in [-0.2, 0) is 4.52 Å². The fraction of sp³-hybridized carbons (Fsp3) is 1.00. The van der Waals surface area contributed by atoms with Crippen LogP contribution in [0.3, 0.4) is 0 Å². The molecule has 0 atom stereocenters. The van der Waals surface area contributed by atoms with Crippen molar-refractivity contribution in [1.82, 2.24) is 0 Å². The van der Waals surface area contributed by atoms with Gasteiger partial charge >= 0.3 is 8.60 Å². The minimum Gasteiger partial charge on any atom is -0.328 e. The third kappa shape index (κ3) is 12.3. The van der Waals surface area contributed by atoms with Crippen LogP contribution in [-0.4, -0.2) is 16.4 Å². The Hall–Kier alpha value is 0.310. The second-order valence-electron chi connectivity index (χ2n) is 3.21. The van der Waals surface area contributed by atoms with Crippen LogP contribution < -0.4 is 0 Å². The summed E-state index contributed by atoms with van der Waals surface area (Å²) in [4.78, 5) is 16.8. The molecule has 4 heteroatoms. The molecule has 0 spiro atoms. The lowest BCUT2D eigenvalue weighted by Crippen LogP contribution is -1.89. The summed E-state index contributed by atoms with van der Waals surface area (Å²) in [5, 5.41) is 0. The third-order valence-electron chi connectivity index (χ3n) is 1.95. The molecular weight excluding hydrogens is 187 g/mol. The quantitative estimate of drug-likeness (QED) is 0.452. The second kappa shape index (κ2) is 10.4. The van der Waals surface area contributed by atoms with Crippen molar-refractivity contribution in [3.05, 3.63) is 0 Å². The van der Waals surface area contributed by atoms with Gasteiger partial charge in [-0.25, -0.2) is 0 Å². The van der Waals surface area contributed by atoms with E-state index >= 15 is 0 Å². The summed E-state index contributed by atoms with van der Waals surface area (Å²) in [6, 6.07) is 0. The molecule has 0 saturated carbocycles. The summed E-state index contributed by atoms with van der Waals surface area (Å²) in [6.07, 6.45) is 8.53. The predicted octanol–water partition coefficient (Wildman–Crippen LogP) is 2.97. The molecule has 0 bridgehead atoms. The fourth-order valence-corrected chi connectivity index (χ4v) is 1.50. The Morgan fingerprint density at radius 3 is 2.00 bits per heavy atom. The van der Waals surface area contributed by atoms with E-state index in [0.29, 0.717) is 6.61 Å². The first-order chi connectivity index (χ1) is 6.27. The van der Waals surface area contributed by atoms with E-state index in [1.165, 1.54) is 32.1 Å². The van der Waals surface area contributed by atoms with Gasteiger partial charge in [-0.05, 0) is 6.42 Å². The van der Waals surface area contributed by atoms with Gasteiger partial charge in [0.25, 0.3) is 0 Å². The van der Waals surface area contributed by atoms with Crippen molar-refractivity contribution in [2.75, 3.05) is 6.61 Å². The molecule has 0 radical (unpaired) electrons. The molecule has 80 valence electrons. The van der Waals surface area contributed by atoms with Gasteiger partial charge in [0.15, 0.2) is 0 Å². The van der Waals surface area contributed by atoms with Crippen molar-refractivity contribution >= 4 is 8.60 Å². The molecule has 0 aromatic carbocycles. The van der Waals surface area contributed by atoms with Crippen molar-refractivity contribution in [2.45, 2.75) is 51.9 Å². The lowest BCUT2D eigenvalue weighted by molar-refractivity contribution is 0.248. The SMILES string of the molecule is CCCCCCCCCOP(O)O. The molecule has 0 aromatic rings. The second-order valence-corrected chi connectivity index (χ2v) is 3.97. The van der Waals surface area contributed by atoms with Crippen molar-refractivity contribution < 1.29 is 14.3 Å². The number of hydrogen-bond donors (Lipinski definition) is 2. The van der Waals surface area contributed by atoms with E-state index in [2.05, 4.69) is 11.4 Å². The molecule has 0 rings (SSSR count). The topological polar surface area (TPSA) is 49.7 Å². The van der Waals surface area contributed by atoms with Crippen LogP contribution in [0, 0.1) is 0 Å². The van der Waals surface area contributed by atoms with Crippen LogP contribution in [0.25, 0.3) is 0 Å². The van der Waals surface area contributed by atoms with E-state index in [9.17, 15) is 0 Å². The zero-order chi connectivity index (χ0) is 9.94. The van der Waals surface area contributed by atoms with Gasteiger partial charge in [-0.1, -0.05) is 45.4 Å². The summed E-state index contributed by atoms with van der Waals surface area (Å²) in [7, 11) is -2.13. The van der Waals surface area contributed by atoms with E-state index in [4.69, 9.17) is 9.79 Å². The molecule has 0 aliphatic carbocycles. The monoisotopic (exact) mass is 208 g/mol. The highest BCUT2D eigenvalue weighted by Gasteiger charge is 1.97. The number of hydrogen-bond acceptors (Lipinski definition) is 3. The first-order valence-corrected chi connectivity index (χ1v) is 6.24. The molecular formula is C9H21O3P. The molecule has 0 unspecified atom stereocenters. The summed E-state index contributed by atoms with van der Waals surface area (Å²) in [6.45, 7) is 2.69. The van der Waals surface area contributed by atoms with Crippen LogP contribution in [0.15, 0.2) is 0 Å². The zero-order valence-corrected chi connectivity index (χ0v) is 9.30. The van der Waals surface area contributed by atoms with Crippen molar-refractivity contribution in [2.24, 2.45) is 0 Å². The Morgan fingerprint density at radius 2 is 1.46 bits per heavy atom. The minimum absolute atomic E-state index is 0.479. The Labute approximate surface area is 82.1 Å². The van der Waals surface area contributed by atoms with E-state index < -0.39 is 8.60 Å². The Kier molecular flexibility index (Phi) is 10.6. The number of unbranched alkanes of at least 4 members (excludes halogenated alkanes) is 6. The van der Waals surface area contributed by atoms with Crippen LogP contribution in [0.4, 0.5) is 0 Å². The van der Waals surface area contributed by atoms with Crippen LogP contribution in [0.2, 0.25) is 0 Å². The molecule has 0 aromatic heterocycles. The average Bonchev–Trinajstić information content (AvgIpc) is 2.09. The van der Waals surface area contributed by atoms with E-state index in [1.807, 2.05) is 0 Å². The van der Waals surface area contributed by atoms with Gasteiger partial charge in [0.1, 0.15) is 0 Å². The molecule has 0 saturated heterocycles. The largest absolute Gasteiger partial charge is 0.328 e. The van der Waals surface area contributed by atoms with E-state index in [-0.39, 0.29) is 0 Å². The maximum absolute atomic E-state index is 8.42. The molecule has 0 aliphatic heterocycles. The first kappa shape index (κ1) is 13.3. The first-order valence-electron chi connectivity index (χ1n) is 5.08. The molecule has 0 amide bonds. The lowest BCUT2D eigenvalue weighted by atomic mass is 10.1. The lowest BCUT2D eigenvalue weighted by Gasteiger charge is -2.03. The maximum Gasteiger partial charge on any atom is 0.327 e. The highest BCUT2D eigenvalue weighted by atomic mass is 31.2. The normalized spacial score (nSPS) is 11.1. The van der Waals surface area contributed by atoms with Gasteiger partial charge in [-0.2, -0.15) is 0 Å². The summed E-state index contributed by atoms with van der Waals surface area (Å²) >= 11 is 0. The Bertz CT molecular complexity index is 98.9. The predicted molar refractivity (Wildman–Crippen MR) is 55.3 cm³/mol. The molecule has 13 heavy (non-hydrogen) atoms. The highest BCUT2D eigenvalue weighted by molar-refractivity contribution is 7.39. The summed E-state index contributed by atoms with van der Waals surface area (Å²) in [5.74, 6) is 0. The summed E-state index contributed by atoms with van der Waals surface area (Å²) in [5.41, 5.74) is 0. The van der Waals surface area contributed by atoms with Gasteiger partial charge in [0.05, 0.1) is 6.61 Å². The van der Waals surface area contributed by atoms with Crippen LogP contribution in [0.1, 0.15) is 51.9 Å². The maximum atomic E-state index is 8.42. The molecule has 0 aliphatic rings. The third-order valence-corrected chi connectivity index (χ3v) is 2.37. The molecule has 0 heterocycles. The smallest absolute Gasteiger partial charge is 0.327 e. The number of rotatable bonds is 9. The molecule has 0 fully saturated rings. The van der Waals surface area contributed by atoms with Crippen molar-refractivity contribution in [3.8, 4) is 0 Å². The Morgan fingerprint density at radius 1 is 0.923 bits per heavy atom.